The monoisotopic (exact) mass is 229 g/mol. The Hall–Kier alpha value is -0.590. The highest BCUT2D eigenvalue weighted by atomic mass is 32.2. The Labute approximate surface area is 93.0 Å². The second-order valence-corrected chi connectivity index (χ2v) is 4.52. The van der Waals surface area contributed by atoms with Crippen molar-refractivity contribution < 1.29 is 9.26 Å². The van der Waals surface area contributed by atoms with E-state index in [1.165, 1.54) is 0 Å². The average molecular weight is 229 g/mol. The summed E-state index contributed by atoms with van der Waals surface area (Å²) < 4.78 is 10.7. The van der Waals surface area contributed by atoms with E-state index in [1.54, 1.807) is 11.8 Å². The molecule has 1 atom stereocenters. The Kier molecular flexibility index (Phi) is 3.99. The van der Waals surface area contributed by atoms with Gasteiger partial charge >= 0.3 is 0 Å². The molecule has 1 saturated heterocycles. The molecule has 1 aromatic rings. The van der Waals surface area contributed by atoms with Crippen LogP contribution in [0.3, 0.4) is 0 Å². The van der Waals surface area contributed by atoms with E-state index in [-0.39, 0.29) is 6.10 Å². The third kappa shape index (κ3) is 2.93. The van der Waals surface area contributed by atoms with E-state index in [4.69, 9.17) is 9.26 Å². The highest BCUT2D eigenvalue weighted by Crippen LogP contribution is 2.17. The Morgan fingerprint density at radius 1 is 1.60 bits per heavy atom. The molecular formula is C9H15N3O2S. The summed E-state index contributed by atoms with van der Waals surface area (Å²) in [4.78, 5) is 4.31. The SMILES string of the molecule is CCSCc1noc(C2CNCCO2)n1. The second kappa shape index (κ2) is 5.48. The summed E-state index contributed by atoms with van der Waals surface area (Å²) in [6.07, 6.45) is -0.0772. The van der Waals surface area contributed by atoms with E-state index in [2.05, 4.69) is 22.4 Å². The molecule has 0 spiro atoms. The first-order valence-corrected chi connectivity index (χ1v) is 6.28. The number of hydrogen-bond acceptors (Lipinski definition) is 6. The lowest BCUT2D eigenvalue weighted by molar-refractivity contribution is 0.00755. The number of ether oxygens (including phenoxy) is 1. The van der Waals surface area contributed by atoms with Crippen LogP contribution in [0.1, 0.15) is 24.7 Å². The molecule has 1 aromatic heterocycles. The molecule has 2 rings (SSSR count). The summed E-state index contributed by atoms with van der Waals surface area (Å²) in [6, 6.07) is 0. The van der Waals surface area contributed by atoms with Crippen LogP contribution < -0.4 is 5.32 Å². The Balaban J connectivity index is 1.93. The molecule has 0 saturated carbocycles. The molecule has 84 valence electrons. The van der Waals surface area contributed by atoms with Crippen LogP contribution in [0.15, 0.2) is 4.52 Å². The second-order valence-electron chi connectivity index (χ2n) is 3.25. The zero-order chi connectivity index (χ0) is 10.5. The molecule has 1 aliphatic rings. The molecule has 5 nitrogen and oxygen atoms in total. The largest absolute Gasteiger partial charge is 0.366 e. The highest BCUT2D eigenvalue weighted by Gasteiger charge is 2.21. The first-order chi connectivity index (χ1) is 7.40. The molecule has 0 aliphatic carbocycles. The third-order valence-corrected chi connectivity index (χ3v) is 2.99. The molecule has 6 heteroatoms. The minimum Gasteiger partial charge on any atom is -0.366 e. The first kappa shape index (κ1) is 10.9. The summed E-state index contributed by atoms with van der Waals surface area (Å²) in [5.41, 5.74) is 0. The van der Waals surface area contributed by atoms with E-state index in [1.807, 2.05) is 0 Å². The van der Waals surface area contributed by atoms with Gasteiger partial charge in [0.15, 0.2) is 5.82 Å². The molecule has 1 aliphatic heterocycles. The molecule has 15 heavy (non-hydrogen) atoms. The molecule has 0 radical (unpaired) electrons. The lowest BCUT2D eigenvalue weighted by atomic mass is 10.3. The standard InChI is InChI=1S/C9H15N3O2S/c1-2-15-6-8-11-9(14-12-8)7-5-10-3-4-13-7/h7,10H,2-6H2,1H3. The summed E-state index contributed by atoms with van der Waals surface area (Å²) in [5, 5.41) is 7.14. The lowest BCUT2D eigenvalue weighted by Gasteiger charge is -2.19. The van der Waals surface area contributed by atoms with Crippen LogP contribution in [0.2, 0.25) is 0 Å². The fraction of sp³-hybridized carbons (Fsp3) is 0.778. The van der Waals surface area contributed by atoms with Gasteiger partial charge in [-0.05, 0) is 5.75 Å². The van der Waals surface area contributed by atoms with Crippen molar-refractivity contribution in [2.24, 2.45) is 0 Å². The number of nitrogens with zero attached hydrogens (tertiary/aromatic N) is 2. The summed E-state index contributed by atoms with van der Waals surface area (Å²) >= 11 is 1.78. The highest BCUT2D eigenvalue weighted by molar-refractivity contribution is 7.98. The molecular weight excluding hydrogens is 214 g/mol. The van der Waals surface area contributed by atoms with Crippen LogP contribution in [-0.4, -0.2) is 35.6 Å². The predicted molar refractivity (Wildman–Crippen MR) is 57.7 cm³/mol. The van der Waals surface area contributed by atoms with Crippen molar-refractivity contribution in [2.75, 3.05) is 25.4 Å². The summed E-state index contributed by atoms with van der Waals surface area (Å²) in [5.74, 6) is 3.21. The van der Waals surface area contributed by atoms with E-state index < -0.39 is 0 Å². The van der Waals surface area contributed by atoms with Crippen molar-refractivity contribution in [1.29, 1.82) is 0 Å². The van der Waals surface area contributed by atoms with Gasteiger partial charge in [-0.15, -0.1) is 0 Å². The normalized spacial score (nSPS) is 21.8. The van der Waals surface area contributed by atoms with E-state index in [0.29, 0.717) is 12.5 Å². The lowest BCUT2D eigenvalue weighted by Crippen LogP contribution is -2.33. The molecule has 1 unspecified atom stereocenters. The van der Waals surface area contributed by atoms with Gasteiger partial charge in [-0.2, -0.15) is 16.7 Å². The number of rotatable bonds is 4. The fourth-order valence-corrected chi connectivity index (χ4v) is 1.88. The van der Waals surface area contributed by atoms with Gasteiger partial charge in [-0.1, -0.05) is 12.1 Å². The maximum Gasteiger partial charge on any atom is 0.257 e. The minimum absolute atomic E-state index is 0.0772. The van der Waals surface area contributed by atoms with Gasteiger partial charge in [0.25, 0.3) is 5.89 Å². The van der Waals surface area contributed by atoms with Crippen molar-refractivity contribution >= 4 is 11.8 Å². The van der Waals surface area contributed by atoms with Gasteiger partial charge in [-0.25, -0.2) is 0 Å². The zero-order valence-electron chi connectivity index (χ0n) is 8.73. The quantitative estimate of drug-likeness (QED) is 0.830. The molecule has 2 heterocycles. The predicted octanol–water partition coefficient (Wildman–Crippen LogP) is 0.984. The molecule has 1 fully saturated rings. The van der Waals surface area contributed by atoms with Gasteiger partial charge in [-0.3, -0.25) is 0 Å². The van der Waals surface area contributed by atoms with Crippen LogP contribution in [0.5, 0.6) is 0 Å². The van der Waals surface area contributed by atoms with E-state index in [9.17, 15) is 0 Å². The summed E-state index contributed by atoms with van der Waals surface area (Å²) in [7, 11) is 0. The Bertz CT molecular complexity index is 299. The van der Waals surface area contributed by atoms with Crippen molar-refractivity contribution in [3.05, 3.63) is 11.7 Å². The van der Waals surface area contributed by atoms with Gasteiger partial charge in [0, 0.05) is 13.1 Å². The maximum atomic E-state index is 5.52. The van der Waals surface area contributed by atoms with Gasteiger partial charge in [0.05, 0.1) is 12.4 Å². The fourth-order valence-electron chi connectivity index (χ4n) is 1.37. The topological polar surface area (TPSA) is 60.2 Å². The summed E-state index contributed by atoms with van der Waals surface area (Å²) in [6.45, 7) is 4.46. The maximum absolute atomic E-state index is 5.52. The van der Waals surface area contributed by atoms with Crippen molar-refractivity contribution in [3.8, 4) is 0 Å². The van der Waals surface area contributed by atoms with Crippen LogP contribution in [-0.2, 0) is 10.5 Å². The van der Waals surface area contributed by atoms with E-state index in [0.717, 1.165) is 30.4 Å². The molecule has 0 aromatic carbocycles. The third-order valence-electron chi connectivity index (χ3n) is 2.12. The molecule has 0 amide bonds. The van der Waals surface area contributed by atoms with Crippen molar-refractivity contribution in [2.45, 2.75) is 18.8 Å². The Morgan fingerprint density at radius 3 is 3.27 bits per heavy atom. The van der Waals surface area contributed by atoms with Crippen LogP contribution >= 0.6 is 11.8 Å². The van der Waals surface area contributed by atoms with Gasteiger partial charge in [0.1, 0.15) is 6.10 Å². The number of morpholine rings is 1. The molecule has 1 N–H and O–H groups in total. The van der Waals surface area contributed by atoms with Gasteiger partial charge < -0.3 is 14.6 Å². The number of nitrogens with one attached hydrogen (secondary N) is 1. The van der Waals surface area contributed by atoms with Gasteiger partial charge in [0.2, 0.25) is 0 Å². The zero-order valence-corrected chi connectivity index (χ0v) is 9.55. The smallest absolute Gasteiger partial charge is 0.257 e. The Morgan fingerprint density at radius 2 is 2.53 bits per heavy atom. The van der Waals surface area contributed by atoms with Crippen molar-refractivity contribution in [3.63, 3.8) is 0 Å². The minimum atomic E-state index is -0.0772. The molecule has 0 bridgehead atoms. The van der Waals surface area contributed by atoms with Crippen LogP contribution in [0, 0.1) is 0 Å². The average Bonchev–Trinajstić information content (AvgIpc) is 2.76. The van der Waals surface area contributed by atoms with E-state index >= 15 is 0 Å². The van der Waals surface area contributed by atoms with Crippen molar-refractivity contribution in [1.82, 2.24) is 15.5 Å². The number of aromatic nitrogens is 2. The van der Waals surface area contributed by atoms with Crippen LogP contribution in [0.4, 0.5) is 0 Å². The van der Waals surface area contributed by atoms with Crippen LogP contribution in [0.25, 0.3) is 0 Å². The number of thioether (sulfide) groups is 1. The first-order valence-electron chi connectivity index (χ1n) is 5.12. The number of hydrogen-bond donors (Lipinski definition) is 1.